The van der Waals surface area contributed by atoms with Crippen LogP contribution in [0.3, 0.4) is 0 Å². The van der Waals surface area contributed by atoms with Crippen molar-refractivity contribution in [2.45, 2.75) is 79.3 Å². The first-order valence-electron chi connectivity index (χ1n) is 9.43. The zero-order valence-corrected chi connectivity index (χ0v) is 15.9. The average Bonchev–Trinajstić information content (AvgIpc) is 2.41. The minimum absolute atomic E-state index is 0. The smallest absolute Gasteiger partial charge is 0.656 e. The fourth-order valence-electron chi connectivity index (χ4n) is 6.88. The molecular formula is C20H34LiN. The van der Waals surface area contributed by atoms with Gasteiger partial charge in [-0.05, 0) is 47.3 Å². The maximum absolute atomic E-state index is 5.45. The predicted molar refractivity (Wildman–Crippen MR) is 89.3 cm³/mol. The van der Waals surface area contributed by atoms with Crippen molar-refractivity contribution in [2.24, 2.45) is 46.3 Å². The molecule has 6 rings (SSSR count). The summed E-state index contributed by atoms with van der Waals surface area (Å²) in [6, 6.07) is 1.35. The summed E-state index contributed by atoms with van der Waals surface area (Å²) in [5, 5.41) is 5.45. The monoisotopic (exact) mass is 295 g/mol. The first kappa shape index (κ1) is 17.4. The zero-order valence-electron chi connectivity index (χ0n) is 15.9. The summed E-state index contributed by atoms with van der Waals surface area (Å²) in [7, 11) is 0. The molecule has 6 aliphatic carbocycles. The fourth-order valence-corrected chi connectivity index (χ4v) is 6.88. The van der Waals surface area contributed by atoms with E-state index in [1.54, 1.807) is 0 Å². The van der Waals surface area contributed by atoms with Crippen LogP contribution in [0, 0.1) is 46.3 Å². The zero-order chi connectivity index (χ0) is 15.2. The summed E-state index contributed by atoms with van der Waals surface area (Å²) in [5.74, 6) is 5.44. The van der Waals surface area contributed by atoms with E-state index in [2.05, 4.69) is 41.5 Å². The number of fused-ring (bicyclic) bond motifs is 4. The van der Waals surface area contributed by atoms with Gasteiger partial charge < -0.3 is 5.32 Å². The van der Waals surface area contributed by atoms with Crippen LogP contribution in [-0.2, 0) is 0 Å². The molecule has 0 N–H and O–H groups in total. The summed E-state index contributed by atoms with van der Waals surface area (Å²) in [4.78, 5) is 0. The standard InChI is InChI=1S/C20H34N.Li/c1-11-15-7-13(19(15,3)4)9-17(11)21-18-10-14-8-16(12(18)2)20(14,5)6;/h11-18H,7-10H2,1-6H3;/q-1;+1/t11-,12-,13+,14+,15-,16-,17-,18-;/m1./s1. The van der Waals surface area contributed by atoms with E-state index in [0.29, 0.717) is 22.9 Å². The molecule has 2 heteroatoms. The number of hydrogen-bond donors (Lipinski definition) is 0. The van der Waals surface area contributed by atoms with Gasteiger partial charge in [0.05, 0.1) is 0 Å². The Morgan fingerprint density at radius 2 is 1.05 bits per heavy atom. The molecule has 6 saturated carbocycles. The second-order valence-corrected chi connectivity index (χ2v) is 10.2. The number of rotatable bonds is 2. The Morgan fingerprint density at radius 1 is 0.682 bits per heavy atom. The molecule has 120 valence electrons. The molecule has 8 atom stereocenters. The molecule has 0 saturated heterocycles. The first-order chi connectivity index (χ1) is 9.73. The van der Waals surface area contributed by atoms with Gasteiger partial charge in [-0.2, -0.15) is 0 Å². The summed E-state index contributed by atoms with van der Waals surface area (Å²) >= 11 is 0. The maximum Gasteiger partial charge on any atom is 1.00 e. The molecule has 0 amide bonds. The van der Waals surface area contributed by atoms with Crippen molar-refractivity contribution >= 4 is 0 Å². The van der Waals surface area contributed by atoms with Crippen LogP contribution >= 0.6 is 0 Å². The predicted octanol–water partition coefficient (Wildman–Crippen LogP) is 2.51. The summed E-state index contributed by atoms with van der Waals surface area (Å²) in [6.07, 6.45) is 5.73. The molecular weight excluding hydrogens is 261 g/mol. The van der Waals surface area contributed by atoms with E-state index in [9.17, 15) is 0 Å². The Balaban J connectivity index is 0.00000144. The number of nitrogens with zero attached hydrogens (tertiary/aromatic N) is 1. The van der Waals surface area contributed by atoms with E-state index in [0.717, 1.165) is 35.5 Å². The summed E-state index contributed by atoms with van der Waals surface area (Å²) < 4.78 is 0. The first-order valence-corrected chi connectivity index (χ1v) is 9.43. The minimum atomic E-state index is 0. The van der Waals surface area contributed by atoms with Crippen LogP contribution in [0.15, 0.2) is 0 Å². The van der Waals surface area contributed by atoms with E-state index in [-0.39, 0.29) is 18.9 Å². The Bertz CT molecular complexity index is 403. The van der Waals surface area contributed by atoms with Gasteiger partial charge in [0, 0.05) is 0 Å². The normalized spacial score (nSPS) is 53.7. The average molecular weight is 295 g/mol. The second-order valence-electron chi connectivity index (χ2n) is 10.2. The van der Waals surface area contributed by atoms with Gasteiger partial charge in [-0.1, -0.05) is 66.2 Å². The van der Waals surface area contributed by atoms with Gasteiger partial charge in [0.15, 0.2) is 0 Å². The molecule has 4 bridgehead atoms. The van der Waals surface area contributed by atoms with Crippen molar-refractivity contribution in [1.82, 2.24) is 0 Å². The van der Waals surface area contributed by atoms with E-state index < -0.39 is 0 Å². The molecule has 0 aromatic heterocycles. The fraction of sp³-hybridized carbons (Fsp3) is 1.00. The van der Waals surface area contributed by atoms with Crippen LogP contribution in [0.5, 0.6) is 0 Å². The Hall–Kier alpha value is 0.557. The molecule has 0 heterocycles. The van der Waals surface area contributed by atoms with Crippen molar-refractivity contribution in [3.8, 4) is 0 Å². The van der Waals surface area contributed by atoms with E-state index in [1.807, 2.05) is 0 Å². The molecule has 0 spiro atoms. The van der Waals surface area contributed by atoms with Gasteiger partial charge in [0.2, 0.25) is 0 Å². The quantitative estimate of drug-likeness (QED) is 0.695. The van der Waals surface area contributed by atoms with Gasteiger partial charge in [0.25, 0.3) is 0 Å². The van der Waals surface area contributed by atoms with Crippen molar-refractivity contribution in [2.75, 3.05) is 0 Å². The molecule has 0 aromatic carbocycles. The Morgan fingerprint density at radius 3 is 1.32 bits per heavy atom. The number of hydrogen-bond acceptors (Lipinski definition) is 0. The van der Waals surface area contributed by atoms with Crippen LogP contribution in [0.4, 0.5) is 0 Å². The third kappa shape index (κ3) is 2.14. The topological polar surface area (TPSA) is 14.1 Å². The minimum Gasteiger partial charge on any atom is -0.656 e. The third-order valence-corrected chi connectivity index (χ3v) is 9.01. The van der Waals surface area contributed by atoms with Crippen LogP contribution in [0.2, 0.25) is 0 Å². The Kier molecular flexibility index (Phi) is 4.17. The summed E-state index contributed by atoms with van der Waals surface area (Å²) in [5.41, 5.74) is 1.21. The van der Waals surface area contributed by atoms with E-state index in [1.165, 1.54) is 25.7 Å². The van der Waals surface area contributed by atoms with Crippen LogP contribution in [-0.4, -0.2) is 12.1 Å². The van der Waals surface area contributed by atoms with Gasteiger partial charge in [-0.25, -0.2) is 0 Å². The van der Waals surface area contributed by atoms with Crippen molar-refractivity contribution in [1.29, 1.82) is 0 Å². The summed E-state index contributed by atoms with van der Waals surface area (Å²) in [6.45, 7) is 15.0. The van der Waals surface area contributed by atoms with Crippen LogP contribution in [0.25, 0.3) is 5.32 Å². The molecule has 0 radical (unpaired) electrons. The van der Waals surface area contributed by atoms with Crippen LogP contribution in [0.1, 0.15) is 67.2 Å². The maximum atomic E-state index is 5.45. The van der Waals surface area contributed by atoms with Gasteiger partial charge in [0.1, 0.15) is 0 Å². The van der Waals surface area contributed by atoms with Gasteiger partial charge in [-0.3, -0.25) is 0 Å². The SMILES string of the molecule is C[C@@H]1[C@H]2C[C@@H](C[C@H]1[N-][C@@H]1C[C@@H]3C[C@H]([C@H]1C)C3(C)C)C2(C)C.[Li+]. The Labute approximate surface area is 149 Å². The van der Waals surface area contributed by atoms with Crippen LogP contribution < -0.4 is 18.9 Å². The molecule has 1 nitrogen and oxygen atoms in total. The largest absolute Gasteiger partial charge is 1.00 e. The van der Waals surface area contributed by atoms with E-state index >= 15 is 0 Å². The molecule has 0 aliphatic heterocycles. The molecule has 6 fully saturated rings. The second kappa shape index (κ2) is 5.28. The van der Waals surface area contributed by atoms with Crippen molar-refractivity contribution in [3.63, 3.8) is 0 Å². The third-order valence-electron chi connectivity index (χ3n) is 9.01. The molecule has 6 aliphatic rings. The van der Waals surface area contributed by atoms with Crippen molar-refractivity contribution < 1.29 is 18.9 Å². The van der Waals surface area contributed by atoms with Gasteiger partial charge in [-0.15, -0.1) is 12.1 Å². The van der Waals surface area contributed by atoms with Gasteiger partial charge >= 0.3 is 18.9 Å². The molecule has 22 heavy (non-hydrogen) atoms. The van der Waals surface area contributed by atoms with Crippen molar-refractivity contribution in [3.05, 3.63) is 5.32 Å². The molecule has 0 unspecified atom stereocenters. The van der Waals surface area contributed by atoms with E-state index in [4.69, 9.17) is 5.32 Å². The molecule has 0 aromatic rings.